The topological polar surface area (TPSA) is 120 Å². The van der Waals surface area contributed by atoms with E-state index in [0.717, 1.165) is 11.3 Å². The van der Waals surface area contributed by atoms with Gasteiger partial charge in [0.1, 0.15) is 17.5 Å². The average molecular weight is 511 g/mol. The molecule has 0 saturated heterocycles. The van der Waals surface area contributed by atoms with Crippen molar-refractivity contribution in [3.05, 3.63) is 78.5 Å². The first-order valence-corrected chi connectivity index (χ1v) is 12.1. The Kier molecular flexibility index (Phi) is 7.16. The van der Waals surface area contributed by atoms with Gasteiger partial charge in [0, 0.05) is 17.2 Å². The van der Waals surface area contributed by atoms with Gasteiger partial charge in [0.05, 0.1) is 36.1 Å². The van der Waals surface area contributed by atoms with E-state index >= 15 is 0 Å². The molecule has 36 heavy (non-hydrogen) atoms. The SMILES string of the molecule is CCOC(=O)C1=C(C)N=c2s/c(=C/c3ccc(O)cc3O)c(=O)n2[C@H]1c1cccc(OC)c1OCC. The van der Waals surface area contributed by atoms with E-state index < -0.39 is 17.6 Å². The normalized spacial score (nSPS) is 15.3. The Morgan fingerprint density at radius 2 is 1.97 bits per heavy atom. The molecule has 188 valence electrons. The van der Waals surface area contributed by atoms with Crippen LogP contribution in [0.25, 0.3) is 6.08 Å². The Labute approximate surface area is 210 Å². The molecule has 0 radical (unpaired) electrons. The van der Waals surface area contributed by atoms with Gasteiger partial charge in [0.25, 0.3) is 5.56 Å². The molecule has 0 spiro atoms. The average Bonchev–Trinajstić information content (AvgIpc) is 3.15. The van der Waals surface area contributed by atoms with Crippen molar-refractivity contribution in [2.75, 3.05) is 20.3 Å². The van der Waals surface area contributed by atoms with Crippen LogP contribution in [0.4, 0.5) is 0 Å². The molecular formula is C26H26N2O7S. The maximum atomic E-state index is 13.7. The molecule has 10 heteroatoms. The summed E-state index contributed by atoms with van der Waals surface area (Å²) in [5, 5.41) is 19.8. The molecule has 1 aliphatic heterocycles. The fourth-order valence-corrected chi connectivity index (χ4v) is 5.13. The van der Waals surface area contributed by atoms with Gasteiger partial charge < -0.3 is 24.4 Å². The van der Waals surface area contributed by atoms with Crippen molar-refractivity contribution >= 4 is 23.4 Å². The number of carbonyl (C=O) groups is 1. The van der Waals surface area contributed by atoms with Crippen LogP contribution in [0.15, 0.2) is 57.5 Å². The summed E-state index contributed by atoms with van der Waals surface area (Å²) in [5.41, 5.74) is 1.14. The Morgan fingerprint density at radius 1 is 1.19 bits per heavy atom. The summed E-state index contributed by atoms with van der Waals surface area (Å²) < 4.78 is 18.5. The summed E-state index contributed by atoms with van der Waals surface area (Å²) in [6, 6.07) is 8.51. The van der Waals surface area contributed by atoms with Gasteiger partial charge in [-0.3, -0.25) is 9.36 Å². The number of fused-ring (bicyclic) bond motifs is 1. The van der Waals surface area contributed by atoms with E-state index in [0.29, 0.717) is 44.3 Å². The van der Waals surface area contributed by atoms with E-state index in [1.54, 1.807) is 32.0 Å². The number of methoxy groups -OCH3 is 1. The highest BCUT2D eigenvalue weighted by molar-refractivity contribution is 7.07. The molecule has 1 atom stereocenters. The van der Waals surface area contributed by atoms with Crippen molar-refractivity contribution in [2.45, 2.75) is 26.8 Å². The molecule has 9 nitrogen and oxygen atoms in total. The molecule has 0 fully saturated rings. The van der Waals surface area contributed by atoms with Gasteiger partial charge in [-0.15, -0.1) is 0 Å². The second-order valence-corrected chi connectivity index (χ2v) is 8.87. The number of nitrogens with zero attached hydrogens (tertiary/aromatic N) is 2. The van der Waals surface area contributed by atoms with E-state index in [-0.39, 0.29) is 23.7 Å². The van der Waals surface area contributed by atoms with Crippen molar-refractivity contribution in [1.29, 1.82) is 0 Å². The molecule has 1 aromatic heterocycles. The minimum absolute atomic E-state index is 0.0951. The first-order chi connectivity index (χ1) is 17.3. The molecule has 1 aliphatic rings. The standard InChI is InChI=1S/C26H26N2O7S/c1-5-34-23-17(8-7-9-19(23)33-4)22-21(25(32)35-6-2)14(3)27-26-28(22)24(31)20(36-26)12-15-10-11-16(29)13-18(15)30/h7-13,22,29-30H,5-6H2,1-4H3/b20-12+/t22-/m0/s1. The Hall–Kier alpha value is -4.05. The molecular weight excluding hydrogens is 484 g/mol. The second-order valence-electron chi connectivity index (χ2n) is 7.86. The summed E-state index contributed by atoms with van der Waals surface area (Å²) >= 11 is 1.12. The van der Waals surface area contributed by atoms with Crippen LogP contribution in [0, 0.1) is 0 Å². The first-order valence-electron chi connectivity index (χ1n) is 11.3. The van der Waals surface area contributed by atoms with E-state index in [4.69, 9.17) is 14.2 Å². The quantitative estimate of drug-likeness (QED) is 0.469. The summed E-state index contributed by atoms with van der Waals surface area (Å²) in [5.74, 6) is 0.0205. The summed E-state index contributed by atoms with van der Waals surface area (Å²) in [4.78, 5) is 31.8. The predicted molar refractivity (Wildman–Crippen MR) is 134 cm³/mol. The van der Waals surface area contributed by atoms with Gasteiger partial charge in [0.2, 0.25) is 0 Å². The highest BCUT2D eigenvalue weighted by Gasteiger charge is 2.36. The lowest BCUT2D eigenvalue weighted by atomic mass is 9.94. The maximum absolute atomic E-state index is 13.7. The first kappa shape index (κ1) is 25.1. The third-order valence-corrected chi connectivity index (χ3v) is 6.61. The van der Waals surface area contributed by atoms with E-state index in [1.807, 2.05) is 6.92 Å². The second kappa shape index (κ2) is 10.3. The summed E-state index contributed by atoms with van der Waals surface area (Å²) in [6.07, 6.45) is 1.52. The Morgan fingerprint density at radius 3 is 2.64 bits per heavy atom. The Balaban J connectivity index is 2.03. The van der Waals surface area contributed by atoms with Crippen molar-refractivity contribution < 1.29 is 29.2 Å². The monoisotopic (exact) mass is 510 g/mol. The minimum Gasteiger partial charge on any atom is -0.508 e. The number of allylic oxidation sites excluding steroid dienone is 1. The largest absolute Gasteiger partial charge is 0.508 e. The lowest BCUT2D eigenvalue weighted by Gasteiger charge is -2.26. The van der Waals surface area contributed by atoms with Gasteiger partial charge in [0.15, 0.2) is 16.3 Å². The number of phenolic OH excluding ortho intramolecular Hbond substituents is 2. The number of esters is 1. The molecule has 2 heterocycles. The van der Waals surface area contributed by atoms with Crippen molar-refractivity contribution in [3.63, 3.8) is 0 Å². The van der Waals surface area contributed by atoms with Crippen molar-refractivity contribution in [1.82, 2.24) is 4.57 Å². The van der Waals surface area contributed by atoms with Gasteiger partial charge in [-0.1, -0.05) is 23.5 Å². The van der Waals surface area contributed by atoms with Crippen LogP contribution in [0.1, 0.15) is 37.9 Å². The molecule has 4 rings (SSSR count). The zero-order chi connectivity index (χ0) is 26.0. The number of benzene rings is 2. The fourth-order valence-electron chi connectivity index (χ4n) is 4.09. The Bertz CT molecular complexity index is 1530. The third-order valence-electron chi connectivity index (χ3n) is 5.63. The van der Waals surface area contributed by atoms with Gasteiger partial charge >= 0.3 is 5.97 Å². The van der Waals surface area contributed by atoms with E-state index in [2.05, 4.69) is 4.99 Å². The zero-order valence-electron chi connectivity index (χ0n) is 20.3. The number of carbonyl (C=O) groups excluding carboxylic acids is 1. The van der Waals surface area contributed by atoms with Crippen LogP contribution < -0.4 is 24.4 Å². The lowest BCUT2D eigenvalue weighted by molar-refractivity contribution is -0.139. The predicted octanol–water partition coefficient (Wildman–Crippen LogP) is 2.62. The highest BCUT2D eigenvalue weighted by Crippen LogP contribution is 2.40. The molecule has 2 N–H and O–H groups in total. The van der Waals surface area contributed by atoms with Gasteiger partial charge in [-0.05, 0) is 45.0 Å². The molecule has 0 amide bonds. The zero-order valence-corrected chi connectivity index (χ0v) is 21.1. The molecule has 3 aromatic rings. The summed E-state index contributed by atoms with van der Waals surface area (Å²) in [7, 11) is 1.52. The summed E-state index contributed by atoms with van der Waals surface area (Å²) in [6.45, 7) is 5.73. The highest BCUT2D eigenvalue weighted by atomic mass is 32.1. The van der Waals surface area contributed by atoms with Crippen LogP contribution in [-0.4, -0.2) is 41.1 Å². The number of aromatic nitrogens is 1. The smallest absolute Gasteiger partial charge is 0.338 e. The van der Waals surface area contributed by atoms with Crippen LogP contribution in [-0.2, 0) is 9.53 Å². The van der Waals surface area contributed by atoms with Crippen molar-refractivity contribution in [3.8, 4) is 23.0 Å². The number of aromatic hydroxyl groups is 2. The van der Waals surface area contributed by atoms with Gasteiger partial charge in [-0.2, -0.15) is 0 Å². The molecule has 0 unspecified atom stereocenters. The van der Waals surface area contributed by atoms with E-state index in [9.17, 15) is 19.8 Å². The van der Waals surface area contributed by atoms with Crippen LogP contribution in [0.5, 0.6) is 23.0 Å². The fraction of sp³-hybridized carbons (Fsp3) is 0.269. The van der Waals surface area contributed by atoms with Crippen LogP contribution in [0.3, 0.4) is 0 Å². The third kappa shape index (κ3) is 4.47. The van der Waals surface area contributed by atoms with E-state index in [1.165, 1.54) is 36.0 Å². The molecule has 0 aliphatic carbocycles. The number of thiazole rings is 1. The molecule has 2 aromatic carbocycles. The lowest BCUT2D eigenvalue weighted by Crippen LogP contribution is -2.40. The number of hydrogen-bond acceptors (Lipinski definition) is 9. The van der Waals surface area contributed by atoms with Gasteiger partial charge in [-0.25, -0.2) is 9.79 Å². The minimum atomic E-state index is -0.882. The number of ether oxygens (including phenoxy) is 3. The molecule has 0 bridgehead atoms. The van der Waals surface area contributed by atoms with Crippen molar-refractivity contribution in [2.24, 2.45) is 4.99 Å². The number of para-hydroxylation sites is 1. The van der Waals surface area contributed by atoms with Crippen LogP contribution in [0.2, 0.25) is 0 Å². The molecule has 0 saturated carbocycles. The maximum Gasteiger partial charge on any atom is 0.338 e. The van der Waals surface area contributed by atoms with Crippen LogP contribution >= 0.6 is 11.3 Å². The number of phenols is 2. The number of rotatable bonds is 7. The number of hydrogen-bond donors (Lipinski definition) is 2.